The molecule has 0 heterocycles. The Balaban J connectivity index is 0.000000555. The number of esters is 1. The van der Waals surface area contributed by atoms with Gasteiger partial charge in [-0.15, -0.1) is 0 Å². The van der Waals surface area contributed by atoms with Crippen LogP contribution in [0.25, 0.3) is 0 Å². The van der Waals surface area contributed by atoms with Crippen molar-refractivity contribution in [1.82, 2.24) is 0 Å². The SMILES string of the molecule is C=CC(=O)O.C=CC(=O)OCCCc1ccccc1. The minimum Gasteiger partial charge on any atom is -0.478 e. The zero-order valence-electron chi connectivity index (χ0n) is 10.7. The van der Waals surface area contributed by atoms with Crippen LogP contribution in [0.2, 0.25) is 0 Å². The maximum Gasteiger partial charge on any atom is 0.330 e. The van der Waals surface area contributed by atoms with Crippen LogP contribution in [0.15, 0.2) is 55.6 Å². The Bertz CT molecular complexity index is 409. The normalized spacial score (nSPS) is 8.63. The third kappa shape index (κ3) is 10.5. The Kier molecular flexibility index (Phi) is 9.43. The molecule has 0 aliphatic rings. The zero-order valence-corrected chi connectivity index (χ0v) is 10.7. The van der Waals surface area contributed by atoms with Crippen LogP contribution in [0.3, 0.4) is 0 Å². The maximum absolute atomic E-state index is 10.7. The van der Waals surface area contributed by atoms with E-state index < -0.39 is 5.97 Å². The quantitative estimate of drug-likeness (QED) is 0.486. The molecule has 0 radical (unpaired) electrons. The summed E-state index contributed by atoms with van der Waals surface area (Å²) in [6.45, 7) is 6.74. The molecule has 0 unspecified atom stereocenters. The van der Waals surface area contributed by atoms with E-state index in [9.17, 15) is 9.59 Å². The van der Waals surface area contributed by atoms with Crippen molar-refractivity contribution in [2.24, 2.45) is 0 Å². The molecule has 0 aliphatic carbocycles. The molecule has 0 saturated heterocycles. The molecule has 0 spiro atoms. The van der Waals surface area contributed by atoms with Gasteiger partial charge >= 0.3 is 11.9 Å². The third-order valence-corrected chi connectivity index (χ3v) is 2.04. The summed E-state index contributed by atoms with van der Waals surface area (Å²) in [5.41, 5.74) is 1.27. The number of carboxylic acid groups (broad SMARTS) is 1. The average molecular weight is 262 g/mol. The van der Waals surface area contributed by atoms with Gasteiger partial charge in [-0.3, -0.25) is 0 Å². The van der Waals surface area contributed by atoms with Gasteiger partial charge in [0.15, 0.2) is 0 Å². The number of rotatable bonds is 6. The highest BCUT2D eigenvalue weighted by atomic mass is 16.5. The van der Waals surface area contributed by atoms with Gasteiger partial charge < -0.3 is 9.84 Å². The summed E-state index contributed by atoms with van der Waals surface area (Å²) in [6, 6.07) is 10.1. The molecule has 0 saturated carbocycles. The number of hydrogen-bond donors (Lipinski definition) is 1. The van der Waals surface area contributed by atoms with Crippen LogP contribution in [0.5, 0.6) is 0 Å². The van der Waals surface area contributed by atoms with Gasteiger partial charge in [0, 0.05) is 12.2 Å². The van der Waals surface area contributed by atoms with Crippen LogP contribution in [0.1, 0.15) is 12.0 Å². The van der Waals surface area contributed by atoms with E-state index in [1.54, 1.807) is 0 Å². The number of carbonyl (C=O) groups excluding carboxylic acids is 1. The highest BCUT2D eigenvalue weighted by molar-refractivity contribution is 5.81. The molecular formula is C15H18O4. The molecule has 0 aromatic heterocycles. The van der Waals surface area contributed by atoms with Gasteiger partial charge in [-0.25, -0.2) is 9.59 Å². The van der Waals surface area contributed by atoms with Crippen molar-refractivity contribution < 1.29 is 19.4 Å². The molecule has 0 atom stereocenters. The summed E-state index contributed by atoms with van der Waals surface area (Å²) < 4.78 is 4.86. The molecule has 0 fully saturated rings. The Morgan fingerprint density at radius 3 is 2.21 bits per heavy atom. The Hall–Kier alpha value is -2.36. The fourth-order valence-electron chi connectivity index (χ4n) is 1.15. The van der Waals surface area contributed by atoms with Crippen LogP contribution in [-0.4, -0.2) is 23.7 Å². The number of carboxylic acids is 1. The first-order chi connectivity index (χ1) is 9.10. The molecule has 1 aromatic carbocycles. The average Bonchev–Trinajstić information content (AvgIpc) is 2.45. The van der Waals surface area contributed by atoms with E-state index in [4.69, 9.17) is 9.84 Å². The number of aryl methyl sites for hydroxylation is 1. The van der Waals surface area contributed by atoms with Crippen LogP contribution < -0.4 is 0 Å². The molecule has 1 N–H and O–H groups in total. The fourth-order valence-corrected chi connectivity index (χ4v) is 1.15. The van der Waals surface area contributed by atoms with E-state index in [0.29, 0.717) is 6.61 Å². The molecule has 102 valence electrons. The summed E-state index contributed by atoms with van der Waals surface area (Å²) in [6.07, 6.45) is 3.80. The molecule has 1 rings (SSSR count). The number of benzene rings is 1. The predicted molar refractivity (Wildman–Crippen MR) is 73.8 cm³/mol. The Morgan fingerprint density at radius 1 is 1.16 bits per heavy atom. The largest absolute Gasteiger partial charge is 0.478 e. The van der Waals surface area contributed by atoms with Gasteiger partial charge in [0.2, 0.25) is 0 Å². The molecule has 19 heavy (non-hydrogen) atoms. The topological polar surface area (TPSA) is 63.6 Å². The van der Waals surface area contributed by atoms with E-state index in [0.717, 1.165) is 18.9 Å². The second-order valence-corrected chi connectivity index (χ2v) is 3.50. The van der Waals surface area contributed by atoms with Gasteiger partial charge in [0.25, 0.3) is 0 Å². The summed E-state index contributed by atoms with van der Waals surface area (Å²) >= 11 is 0. The van der Waals surface area contributed by atoms with Crippen molar-refractivity contribution in [1.29, 1.82) is 0 Å². The lowest BCUT2D eigenvalue weighted by Crippen LogP contribution is -2.02. The fraction of sp³-hybridized carbons (Fsp3) is 0.200. The van der Waals surface area contributed by atoms with Crippen molar-refractivity contribution in [3.63, 3.8) is 0 Å². The van der Waals surface area contributed by atoms with Gasteiger partial charge in [0.05, 0.1) is 6.61 Å². The highest BCUT2D eigenvalue weighted by Gasteiger charge is 1.95. The van der Waals surface area contributed by atoms with Gasteiger partial charge in [-0.05, 0) is 18.4 Å². The first kappa shape index (κ1) is 16.6. The molecule has 4 nitrogen and oxygen atoms in total. The molecule has 0 bridgehead atoms. The minimum atomic E-state index is -0.981. The Labute approximate surface area is 113 Å². The summed E-state index contributed by atoms with van der Waals surface area (Å²) in [5.74, 6) is -1.33. The van der Waals surface area contributed by atoms with E-state index in [1.165, 1.54) is 11.6 Å². The van der Waals surface area contributed by atoms with E-state index >= 15 is 0 Å². The van der Waals surface area contributed by atoms with E-state index in [1.807, 2.05) is 18.2 Å². The lowest BCUT2D eigenvalue weighted by Gasteiger charge is -2.01. The molecule has 4 heteroatoms. The summed E-state index contributed by atoms with van der Waals surface area (Å²) in [5, 5.41) is 7.60. The second kappa shape index (κ2) is 10.8. The summed E-state index contributed by atoms with van der Waals surface area (Å²) in [4.78, 5) is 19.9. The number of carbonyl (C=O) groups is 2. The molecule has 1 aromatic rings. The lowest BCUT2D eigenvalue weighted by atomic mass is 10.1. The van der Waals surface area contributed by atoms with Crippen molar-refractivity contribution >= 4 is 11.9 Å². The smallest absolute Gasteiger partial charge is 0.330 e. The minimum absolute atomic E-state index is 0.349. The third-order valence-electron chi connectivity index (χ3n) is 2.04. The first-order valence-corrected chi connectivity index (χ1v) is 5.78. The van der Waals surface area contributed by atoms with Crippen LogP contribution in [0, 0.1) is 0 Å². The standard InChI is InChI=1S/C12H14O2.C3H4O2/c1-2-12(13)14-10-6-9-11-7-4-3-5-8-11;1-2-3(4)5/h2-5,7-8H,1,6,9-10H2;2H,1H2,(H,4,5). The molecular weight excluding hydrogens is 244 g/mol. The number of ether oxygens (including phenoxy) is 1. The van der Waals surface area contributed by atoms with Crippen LogP contribution in [0.4, 0.5) is 0 Å². The van der Waals surface area contributed by atoms with Crippen molar-refractivity contribution in [3.8, 4) is 0 Å². The van der Waals surface area contributed by atoms with Gasteiger partial charge in [-0.1, -0.05) is 43.5 Å². The van der Waals surface area contributed by atoms with Gasteiger partial charge in [-0.2, -0.15) is 0 Å². The molecule has 0 aliphatic heterocycles. The van der Waals surface area contributed by atoms with Crippen LogP contribution >= 0.6 is 0 Å². The van der Waals surface area contributed by atoms with Crippen molar-refractivity contribution in [2.45, 2.75) is 12.8 Å². The highest BCUT2D eigenvalue weighted by Crippen LogP contribution is 2.02. The summed E-state index contributed by atoms with van der Waals surface area (Å²) in [7, 11) is 0. The van der Waals surface area contributed by atoms with Crippen LogP contribution in [-0.2, 0) is 20.7 Å². The number of aliphatic carboxylic acids is 1. The second-order valence-electron chi connectivity index (χ2n) is 3.50. The predicted octanol–water partition coefficient (Wildman–Crippen LogP) is 2.61. The lowest BCUT2D eigenvalue weighted by molar-refractivity contribution is -0.137. The monoisotopic (exact) mass is 262 g/mol. The maximum atomic E-state index is 10.7. The first-order valence-electron chi connectivity index (χ1n) is 5.78. The van der Waals surface area contributed by atoms with Crippen molar-refractivity contribution in [3.05, 3.63) is 61.2 Å². The molecule has 0 amide bonds. The van der Waals surface area contributed by atoms with Gasteiger partial charge in [0.1, 0.15) is 0 Å². The number of hydrogen-bond acceptors (Lipinski definition) is 3. The van der Waals surface area contributed by atoms with E-state index in [-0.39, 0.29) is 5.97 Å². The zero-order chi connectivity index (χ0) is 14.5. The Morgan fingerprint density at radius 2 is 1.74 bits per heavy atom. The van der Waals surface area contributed by atoms with E-state index in [2.05, 4.69) is 25.3 Å². The van der Waals surface area contributed by atoms with Crippen molar-refractivity contribution in [2.75, 3.05) is 6.61 Å².